The Morgan fingerprint density at radius 1 is 1.27 bits per heavy atom. The lowest BCUT2D eigenvalue weighted by Crippen LogP contribution is -2.29. The second-order valence-electron chi connectivity index (χ2n) is 5.56. The molecule has 0 aromatic heterocycles. The molecule has 0 spiro atoms. The predicted octanol–water partition coefficient (Wildman–Crippen LogP) is 2.13. The smallest absolute Gasteiger partial charge is 0.308 e. The molecule has 5 heteroatoms. The Morgan fingerprint density at radius 2 is 2.00 bits per heavy atom. The minimum absolute atomic E-state index is 0.0179. The summed E-state index contributed by atoms with van der Waals surface area (Å²) < 4.78 is 5.23. The molecule has 0 bridgehead atoms. The second-order valence-corrected chi connectivity index (χ2v) is 5.56. The minimum Gasteiger partial charge on any atom is -0.481 e. The van der Waals surface area contributed by atoms with Gasteiger partial charge in [-0.1, -0.05) is 30.3 Å². The van der Waals surface area contributed by atoms with Crippen molar-refractivity contribution < 1.29 is 19.4 Å². The van der Waals surface area contributed by atoms with E-state index in [9.17, 15) is 14.7 Å². The maximum Gasteiger partial charge on any atom is 0.308 e. The zero-order chi connectivity index (χ0) is 15.9. The highest BCUT2D eigenvalue weighted by molar-refractivity contribution is 5.79. The van der Waals surface area contributed by atoms with E-state index in [1.165, 1.54) is 0 Å². The number of nitrogens with zero attached hydrogens (tertiary/aromatic N) is 1. The van der Waals surface area contributed by atoms with Gasteiger partial charge in [-0.3, -0.25) is 9.59 Å². The molecule has 1 fully saturated rings. The molecule has 1 heterocycles. The summed E-state index contributed by atoms with van der Waals surface area (Å²) >= 11 is 0. The molecular weight excluding hydrogens is 282 g/mol. The Bertz CT molecular complexity index is 503. The molecule has 1 amide bonds. The van der Waals surface area contributed by atoms with Crippen LogP contribution >= 0.6 is 0 Å². The van der Waals surface area contributed by atoms with E-state index in [-0.39, 0.29) is 11.8 Å². The molecule has 1 aliphatic heterocycles. The molecule has 2 rings (SSSR count). The Labute approximate surface area is 130 Å². The van der Waals surface area contributed by atoms with E-state index in [1.54, 1.807) is 4.90 Å². The molecule has 0 radical (unpaired) electrons. The number of carbonyl (C=O) groups excluding carboxylic acids is 1. The normalized spacial score (nSPS) is 21.0. The number of benzene rings is 1. The number of hydrogen-bond acceptors (Lipinski definition) is 3. The molecule has 0 unspecified atom stereocenters. The van der Waals surface area contributed by atoms with Gasteiger partial charge >= 0.3 is 5.97 Å². The number of carboxylic acids is 1. The first-order valence-electron chi connectivity index (χ1n) is 7.76. The molecule has 22 heavy (non-hydrogen) atoms. The topological polar surface area (TPSA) is 66.8 Å². The Balaban J connectivity index is 1.98. The monoisotopic (exact) mass is 305 g/mol. The third-order valence-electron chi connectivity index (χ3n) is 4.10. The van der Waals surface area contributed by atoms with Crippen molar-refractivity contribution in [3.05, 3.63) is 35.9 Å². The quantitative estimate of drug-likeness (QED) is 0.784. The minimum atomic E-state index is -0.835. The average molecular weight is 305 g/mol. The zero-order valence-electron chi connectivity index (χ0n) is 12.9. The van der Waals surface area contributed by atoms with Crippen molar-refractivity contribution >= 4 is 11.9 Å². The van der Waals surface area contributed by atoms with Crippen LogP contribution in [0.4, 0.5) is 0 Å². The van der Waals surface area contributed by atoms with E-state index < -0.39 is 11.9 Å². The van der Waals surface area contributed by atoms with Gasteiger partial charge in [-0.2, -0.15) is 0 Å². The lowest BCUT2D eigenvalue weighted by Gasteiger charge is -2.16. The van der Waals surface area contributed by atoms with Crippen molar-refractivity contribution in [1.82, 2.24) is 4.90 Å². The van der Waals surface area contributed by atoms with Crippen LogP contribution in [0.15, 0.2) is 30.3 Å². The van der Waals surface area contributed by atoms with Gasteiger partial charge in [0.15, 0.2) is 0 Å². The van der Waals surface area contributed by atoms with E-state index in [0.717, 1.165) is 5.56 Å². The first kappa shape index (κ1) is 16.5. The average Bonchev–Trinajstić information content (AvgIpc) is 2.98. The SMILES string of the molecule is CCOCCCC(=O)N1C[C@H](C(=O)O)[C@H](c2ccccc2)C1. The van der Waals surface area contributed by atoms with Gasteiger partial charge in [-0.05, 0) is 18.9 Å². The van der Waals surface area contributed by atoms with Crippen molar-refractivity contribution in [2.75, 3.05) is 26.3 Å². The zero-order valence-corrected chi connectivity index (χ0v) is 12.9. The molecule has 2 atom stereocenters. The summed E-state index contributed by atoms with van der Waals surface area (Å²) in [5.41, 5.74) is 0.986. The van der Waals surface area contributed by atoms with Gasteiger partial charge in [-0.25, -0.2) is 0 Å². The lowest BCUT2D eigenvalue weighted by molar-refractivity contribution is -0.141. The molecule has 5 nitrogen and oxygen atoms in total. The number of carbonyl (C=O) groups is 2. The second kappa shape index (κ2) is 7.94. The van der Waals surface area contributed by atoms with Crippen molar-refractivity contribution in [3.63, 3.8) is 0 Å². The maximum atomic E-state index is 12.2. The molecular formula is C17H23NO4. The number of aliphatic carboxylic acids is 1. The highest BCUT2D eigenvalue weighted by Crippen LogP contribution is 2.33. The summed E-state index contributed by atoms with van der Waals surface area (Å²) in [6.45, 7) is 3.91. The van der Waals surface area contributed by atoms with Crippen molar-refractivity contribution in [1.29, 1.82) is 0 Å². The summed E-state index contributed by atoms with van der Waals surface area (Å²) in [6, 6.07) is 9.58. The van der Waals surface area contributed by atoms with Crippen molar-refractivity contribution in [2.24, 2.45) is 5.92 Å². The number of hydrogen-bond donors (Lipinski definition) is 1. The van der Waals surface area contributed by atoms with Gasteiger partial charge in [0.05, 0.1) is 5.92 Å². The Morgan fingerprint density at radius 3 is 2.64 bits per heavy atom. The first-order valence-corrected chi connectivity index (χ1v) is 7.76. The molecule has 1 aromatic carbocycles. The van der Waals surface area contributed by atoms with Crippen LogP contribution in [-0.4, -0.2) is 48.2 Å². The first-order chi connectivity index (χ1) is 10.6. The highest BCUT2D eigenvalue weighted by Gasteiger charge is 2.40. The van der Waals surface area contributed by atoms with E-state index in [2.05, 4.69) is 0 Å². The number of rotatable bonds is 7. The van der Waals surface area contributed by atoms with Gasteiger partial charge < -0.3 is 14.7 Å². The van der Waals surface area contributed by atoms with Crippen LogP contribution < -0.4 is 0 Å². The Kier molecular flexibility index (Phi) is 5.95. The fourth-order valence-electron chi connectivity index (χ4n) is 2.92. The molecule has 120 valence electrons. The van der Waals surface area contributed by atoms with E-state index in [0.29, 0.717) is 39.1 Å². The third kappa shape index (κ3) is 4.07. The van der Waals surface area contributed by atoms with Crippen LogP contribution in [0.5, 0.6) is 0 Å². The predicted molar refractivity (Wildman–Crippen MR) is 82.6 cm³/mol. The van der Waals surface area contributed by atoms with Gasteiger partial charge in [0.2, 0.25) is 5.91 Å². The fourth-order valence-corrected chi connectivity index (χ4v) is 2.92. The summed E-state index contributed by atoms with van der Waals surface area (Å²) in [5, 5.41) is 9.43. The largest absolute Gasteiger partial charge is 0.481 e. The molecule has 1 aromatic rings. The number of likely N-dealkylation sites (tertiary alicyclic amines) is 1. The molecule has 0 saturated carbocycles. The molecule has 1 saturated heterocycles. The van der Waals surface area contributed by atoms with Gasteiger partial charge in [0.25, 0.3) is 0 Å². The van der Waals surface area contributed by atoms with Crippen LogP contribution in [-0.2, 0) is 14.3 Å². The van der Waals surface area contributed by atoms with Gasteiger partial charge in [0, 0.05) is 38.6 Å². The summed E-state index contributed by atoms with van der Waals surface area (Å²) in [5.74, 6) is -1.48. The maximum absolute atomic E-state index is 12.2. The van der Waals surface area contributed by atoms with Crippen LogP contribution in [0.1, 0.15) is 31.2 Å². The Hall–Kier alpha value is -1.88. The summed E-state index contributed by atoms with van der Waals surface area (Å²) in [6.07, 6.45) is 1.09. The number of carboxylic acid groups (broad SMARTS) is 1. The van der Waals surface area contributed by atoms with Crippen LogP contribution in [0.3, 0.4) is 0 Å². The molecule has 0 aliphatic carbocycles. The summed E-state index contributed by atoms with van der Waals surface area (Å²) in [4.78, 5) is 25.4. The van der Waals surface area contributed by atoms with Crippen LogP contribution in [0.2, 0.25) is 0 Å². The van der Waals surface area contributed by atoms with Gasteiger partial charge in [0.1, 0.15) is 0 Å². The van der Waals surface area contributed by atoms with Crippen molar-refractivity contribution in [2.45, 2.75) is 25.7 Å². The van der Waals surface area contributed by atoms with E-state index in [1.807, 2.05) is 37.3 Å². The van der Waals surface area contributed by atoms with Gasteiger partial charge in [-0.15, -0.1) is 0 Å². The van der Waals surface area contributed by atoms with Crippen molar-refractivity contribution in [3.8, 4) is 0 Å². The molecule has 1 N–H and O–H groups in total. The number of ether oxygens (including phenoxy) is 1. The molecule has 1 aliphatic rings. The third-order valence-corrected chi connectivity index (χ3v) is 4.10. The summed E-state index contributed by atoms with van der Waals surface area (Å²) in [7, 11) is 0. The fraction of sp³-hybridized carbons (Fsp3) is 0.529. The lowest BCUT2D eigenvalue weighted by atomic mass is 9.89. The highest BCUT2D eigenvalue weighted by atomic mass is 16.5. The standard InChI is InChI=1S/C17H23NO4/c1-2-22-10-6-9-16(19)18-11-14(15(12-18)17(20)21)13-7-4-3-5-8-13/h3-5,7-8,14-15H,2,6,9-12H2,1H3,(H,20,21)/t14-,15-/m0/s1. The van der Waals surface area contributed by atoms with Crippen LogP contribution in [0.25, 0.3) is 0 Å². The number of amides is 1. The van der Waals surface area contributed by atoms with E-state index in [4.69, 9.17) is 4.74 Å². The van der Waals surface area contributed by atoms with E-state index >= 15 is 0 Å². The van der Waals surface area contributed by atoms with Crippen LogP contribution in [0, 0.1) is 5.92 Å².